The molecule has 1 aromatic rings. The highest BCUT2D eigenvalue weighted by Crippen LogP contribution is 2.24. The monoisotopic (exact) mass is 320 g/mol. The standard InChI is InChI=1S/C13H15ClF2N2O3/c1-3-13(2,6-7-14)17-12(19)10-8(15)4-5-9(11(10)16)18(20)21/h4-5H,3,6-7H2,1-2H3,(H,17,19). The van der Waals surface area contributed by atoms with Gasteiger partial charge in [-0.1, -0.05) is 6.92 Å². The molecule has 1 atom stereocenters. The van der Waals surface area contributed by atoms with Crippen LogP contribution in [0.15, 0.2) is 12.1 Å². The van der Waals surface area contributed by atoms with Crippen LogP contribution in [0.3, 0.4) is 0 Å². The van der Waals surface area contributed by atoms with Gasteiger partial charge in [-0.2, -0.15) is 4.39 Å². The van der Waals surface area contributed by atoms with Crippen LogP contribution in [-0.2, 0) is 0 Å². The molecule has 5 nitrogen and oxygen atoms in total. The van der Waals surface area contributed by atoms with Gasteiger partial charge in [0.2, 0.25) is 5.82 Å². The molecule has 8 heteroatoms. The molecule has 0 radical (unpaired) electrons. The summed E-state index contributed by atoms with van der Waals surface area (Å²) in [5.74, 6) is -3.42. The van der Waals surface area contributed by atoms with E-state index in [1.807, 2.05) is 0 Å². The van der Waals surface area contributed by atoms with Crippen molar-refractivity contribution in [3.8, 4) is 0 Å². The van der Waals surface area contributed by atoms with E-state index < -0.39 is 39.3 Å². The molecule has 1 N–H and O–H groups in total. The summed E-state index contributed by atoms with van der Waals surface area (Å²) in [4.78, 5) is 21.7. The number of amides is 1. The number of benzene rings is 1. The fraction of sp³-hybridized carbons (Fsp3) is 0.462. The Morgan fingerprint density at radius 2 is 2.10 bits per heavy atom. The third-order valence-corrected chi connectivity index (χ3v) is 3.53. The Morgan fingerprint density at radius 1 is 1.48 bits per heavy atom. The number of rotatable bonds is 6. The summed E-state index contributed by atoms with van der Waals surface area (Å²) in [5.41, 5.74) is -2.65. The smallest absolute Gasteiger partial charge is 0.305 e. The zero-order valence-electron chi connectivity index (χ0n) is 11.6. The lowest BCUT2D eigenvalue weighted by Crippen LogP contribution is -2.46. The van der Waals surface area contributed by atoms with Crippen LogP contribution in [0, 0.1) is 21.7 Å². The lowest BCUT2D eigenvalue weighted by atomic mass is 9.95. The van der Waals surface area contributed by atoms with Gasteiger partial charge in [0, 0.05) is 17.5 Å². The van der Waals surface area contributed by atoms with Crippen molar-refractivity contribution in [3.05, 3.63) is 39.4 Å². The molecule has 1 rings (SSSR count). The average Bonchev–Trinajstić information content (AvgIpc) is 2.38. The second-order valence-electron chi connectivity index (χ2n) is 4.82. The number of nitro benzene ring substituents is 1. The number of nitrogens with one attached hydrogen (secondary N) is 1. The zero-order valence-corrected chi connectivity index (χ0v) is 12.3. The first-order chi connectivity index (χ1) is 9.75. The topological polar surface area (TPSA) is 72.2 Å². The molecule has 1 aromatic carbocycles. The van der Waals surface area contributed by atoms with E-state index in [4.69, 9.17) is 11.6 Å². The van der Waals surface area contributed by atoms with Crippen LogP contribution in [0.1, 0.15) is 37.0 Å². The molecule has 0 saturated carbocycles. The predicted octanol–water partition coefficient (Wildman–Crippen LogP) is 3.40. The number of alkyl halides is 1. The third kappa shape index (κ3) is 3.87. The van der Waals surface area contributed by atoms with Crippen molar-refractivity contribution in [2.24, 2.45) is 0 Å². The van der Waals surface area contributed by atoms with Crippen LogP contribution < -0.4 is 5.32 Å². The van der Waals surface area contributed by atoms with Gasteiger partial charge in [-0.15, -0.1) is 11.6 Å². The first-order valence-corrected chi connectivity index (χ1v) is 6.80. The van der Waals surface area contributed by atoms with Crippen LogP contribution in [0.2, 0.25) is 0 Å². The lowest BCUT2D eigenvalue weighted by molar-refractivity contribution is -0.387. The summed E-state index contributed by atoms with van der Waals surface area (Å²) in [6, 6.07) is 1.38. The third-order valence-electron chi connectivity index (χ3n) is 3.34. The van der Waals surface area contributed by atoms with E-state index in [0.29, 0.717) is 25.0 Å². The van der Waals surface area contributed by atoms with Crippen molar-refractivity contribution >= 4 is 23.2 Å². The highest BCUT2D eigenvalue weighted by atomic mass is 35.5. The molecule has 0 aliphatic heterocycles. The Hall–Kier alpha value is -1.76. The molecule has 0 aliphatic carbocycles. The fourth-order valence-electron chi connectivity index (χ4n) is 1.76. The number of halogens is 3. The van der Waals surface area contributed by atoms with E-state index in [2.05, 4.69) is 5.32 Å². The van der Waals surface area contributed by atoms with Crippen molar-refractivity contribution in [3.63, 3.8) is 0 Å². The highest BCUT2D eigenvalue weighted by Gasteiger charge is 2.30. The average molecular weight is 321 g/mol. The van der Waals surface area contributed by atoms with Crippen molar-refractivity contribution in [2.45, 2.75) is 32.2 Å². The number of hydrogen-bond acceptors (Lipinski definition) is 3. The van der Waals surface area contributed by atoms with Gasteiger partial charge < -0.3 is 5.32 Å². The van der Waals surface area contributed by atoms with Gasteiger partial charge in [0.05, 0.1) is 4.92 Å². The van der Waals surface area contributed by atoms with Crippen LogP contribution in [0.25, 0.3) is 0 Å². The van der Waals surface area contributed by atoms with Crippen LogP contribution in [0.5, 0.6) is 0 Å². The van der Waals surface area contributed by atoms with Gasteiger partial charge in [0.1, 0.15) is 11.4 Å². The Labute approximate surface area is 125 Å². The van der Waals surface area contributed by atoms with Gasteiger partial charge in [0.15, 0.2) is 0 Å². The maximum Gasteiger partial charge on any atom is 0.305 e. The number of nitro groups is 1. The Bertz CT molecular complexity index is 569. The summed E-state index contributed by atoms with van der Waals surface area (Å²) >= 11 is 5.63. The minimum absolute atomic E-state index is 0.254. The van der Waals surface area contributed by atoms with E-state index in [-0.39, 0.29) is 5.88 Å². The number of carbonyl (C=O) groups excluding carboxylic acids is 1. The molecule has 0 fully saturated rings. The van der Waals surface area contributed by atoms with E-state index in [1.54, 1.807) is 13.8 Å². The van der Waals surface area contributed by atoms with E-state index in [9.17, 15) is 23.7 Å². The van der Waals surface area contributed by atoms with E-state index >= 15 is 0 Å². The van der Waals surface area contributed by atoms with E-state index in [0.717, 1.165) is 0 Å². The first-order valence-electron chi connectivity index (χ1n) is 6.26. The van der Waals surface area contributed by atoms with Crippen molar-refractivity contribution in [2.75, 3.05) is 5.88 Å². The maximum absolute atomic E-state index is 13.9. The van der Waals surface area contributed by atoms with Gasteiger partial charge >= 0.3 is 5.69 Å². The maximum atomic E-state index is 13.9. The van der Waals surface area contributed by atoms with Crippen molar-refractivity contribution in [1.82, 2.24) is 5.32 Å². The Balaban J connectivity index is 3.18. The summed E-state index contributed by atoms with van der Waals surface area (Å²) in [7, 11) is 0. The second kappa shape index (κ2) is 6.80. The van der Waals surface area contributed by atoms with Gasteiger partial charge in [-0.3, -0.25) is 14.9 Å². The molecule has 0 aromatic heterocycles. The summed E-state index contributed by atoms with van der Waals surface area (Å²) in [5, 5.41) is 13.1. The first kappa shape index (κ1) is 17.3. The van der Waals surface area contributed by atoms with Crippen LogP contribution in [0.4, 0.5) is 14.5 Å². The molecular weight excluding hydrogens is 306 g/mol. The summed E-state index contributed by atoms with van der Waals surface area (Å²) in [6.45, 7) is 3.47. The molecule has 1 unspecified atom stereocenters. The second-order valence-corrected chi connectivity index (χ2v) is 5.20. The molecule has 116 valence electrons. The summed E-state index contributed by atoms with van der Waals surface area (Å²) < 4.78 is 27.6. The molecule has 0 heterocycles. The van der Waals surface area contributed by atoms with Crippen LogP contribution in [-0.4, -0.2) is 22.2 Å². The molecule has 21 heavy (non-hydrogen) atoms. The Kier molecular flexibility index (Phi) is 5.60. The quantitative estimate of drug-likeness (QED) is 0.496. The Morgan fingerprint density at radius 3 is 2.57 bits per heavy atom. The van der Waals surface area contributed by atoms with Crippen molar-refractivity contribution in [1.29, 1.82) is 0 Å². The van der Waals surface area contributed by atoms with Crippen LogP contribution >= 0.6 is 11.6 Å². The SMILES string of the molecule is CCC(C)(CCCl)NC(=O)c1c(F)ccc([N+](=O)[O-])c1F. The predicted molar refractivity (Wildman–Crippen MR) is 74.5 cm³/mol. The minimum atomic E-state index is -1.48. The van der Waals surface area contributed by atoms with Gasteiger partial charge in [0.25, 0.3) is 5.91 Å². The van der Waals surface area contributed by atoms with E-state index in [1.165, 1.54) is 0 Å². The fourth-order valence-corrected chi connectivity index (χ4v) is 2.18. The van der Waals surface area contributed by atoms with Crippen molar-refractivity contribution < 1.29 is 18.5 Å². The minimum Gasteiger partial charge on any atom is -0.347 e. The normalized spacial score (nSPS) is 13.6. The zero-order chi connectivity index (χ0) is 16.2. The van der Waals surface area contributed by atoms with Gasteiger partial charge in [-0.25, -0.2) is 4.39 Å². The largest absolute Gasteiger partial charge is 0.347 e. The number of carbonyl (C=O) groups is 1. The number of nitrogens with zero attached hydrogens (tertiary/aromatic N) is 1. The molecule has 1 amide bonds. The highest BCUT2D eigenvalue weighted by molar-refractivity contribution is 6.17. The molecule has 0 aliphatic rings. The summed E-state index contributed by atoms with van der Waals surface area (Å²) in [6.07, 6.45) is 0.887. The van der Waals surface area contributed by atoms with Gasteiger partial charge in [-0.05, 0) is 25.8 Å². The lowest BCUT2D eigenvalue weighted by Gasteiger charge is -2.29. The molecule has 0 saturated heterocycles. The number of hydrogen-bond donors (Lipinski definition) is 1. The molecule has 0 spiro atoms. The molecule has 0 bridgehead atoms. The molecular formula is C13H15ClF2N2O3.